The third kappa shape index (κ3) is 1.41. The lowest BCUT2D eigenvalue weighted by Crippen LogP contribution is -2.24. The molecule has 0 aliphatic carbocycles. The molecule has 0 saturated carbocycles. The van der Waals surface area contributed by atoms with E-state index in [0.717, 1.165) is 6.54 Å². The summed E-state index contributed by atoms with van der Waals surface area (Å²) in [6, 6.07) is 0. The van der Waals surface area contributed by atoms with E-state index >= 15 is 0 Å². The van der Waals surface area contributed by atoms with Crippen molar-refractivity contribution in [1.82, 2.24) is 4.90 Å². The second kappa shape index (κ2) is 3.11. The van der Waals surface area contributed by atoms with Crippen LogP contribution in [0, 0.1) is 0 Å². The van der Waals surface area contributed by atoms with Gasteiger partial charge in [-0.15, -0.1) is 6.58 Å². The fourth-order valence-electron chi connectivity index (χ4n) is 0.865. The Morgan fingerprint density at radius 1 is 1.80 bits per heavy atom. The summed E-state index contributed by atoms with van der Waals surface area (Å²) in [5.74, 6) is 0.322. The fraction of sp³-hybridized carbons (Fsp3) is 0.250. The van der Waals surface area contributed by atoms with Crippen molar-refractivity contribution in [3.8, 4) is 0 Å². The summed E-state index contributed by atoms with van der Waals surface area (Å²) in [7, 11) is 0. The molecule has 0 saturated heterocycles. The van der Waals surface area contributed by atoms with Crippen LogP contribution in [0.15, 0.2) is 36.8 Å². The highest BCUT2D eigenvalue weighted by molar-refractivity contribution is 5.13. The highest BCUT2D eigenvalue weighted by atomic mass is 16.3. The molecule has 1 N–H and O–H groups in total. The fourth-order valence-corrected chi connectivity index (χ4v) is 0.865. The van der Waals surface area contributed by atoms with E-state index in [4.69, 9.17) is 0 Å². The van der Waals surface area contributed by atoms with Gasteiger partial charge in [0.15, 0.2) is 5.88 Å². The Bertz CT molecular complexity index is 180. The van der Waals surface area contributed by atoms with E-state index in [-0.39, 0.29) is 0 Å². The third-order valence-corrected chi connectivity index (χ3v) is 1.38. The van der Waals surface area contributed by atoms with Gasteiger partial charge in [0.05, 0.1) is 0 Å². The molecule has 1 aliphatic heterocycles. The first-order valence-corrected chi connectivity index (χ1v) is 3.26. The first-order valence-electron chi connectivity index (χ1n) is 3.26. The molecule has 2 heteroatoms. The Kier molecular flexibility index (Phi) is 2.15. The minimum atomic E-state index is 0.322. The summed E-state index contributed by atoms with van der Waals surface area (Å²) in [5, 5.41) is 9.19. The van der Waals surface area contributed by atoms with Gasteiger partial charge >= 0.3 is 0 Å². The maximum absolute atomic E-state index is 9.19. The van der Waals surface area contributed by atoms with Crippen LogP contribution in [0.2, 0.25) is 0 Å². The Hall–Kier alpha value is -1.18. The van der Waals surface area contributed by atoms with E-state index in [1.807, 2.05) is 17.1 Å². The first-order chi connectivity index (χ1) is 4.84. The Morgan fingerprint density at radius 2 is 2.60 bits per heavy atom. The zero-order chi connectivity index (χ0) is 7.40. The molecule has 0 aromatic carbocycles. The van der Waals surface area contributed by atoms with Crippen molar-refractivity contribution in [2.24, 2.45) is 0 Å². The second-order valence-electron chi connectivity index (χ2n) is 2.15. The highest BCUT2D eigenvalue weighted by Gasteiger charge is 2.04. The molecular weight excluding hydrogens is 126 g/mol. The van der Waals surface area contributed by atoms with Gasteiger partial charge < -0.3 is 10.0 Å². The van der Waals surface area contributed by atoms with Crippen LogP contribution >= 0.6 is 0 Å². The van der Waals surface area contributed by atoms with Crippen LogP contribution in [0.4, 0.5) is 0 Å². The van der Waals surface area contributed by atoms with Crippen LogP contribution in [0.5, 0.6) is 0 Å². The molecule has 0 bridgehead atoms. The normalized spacial score (nSPS) is 16.8. The quantitative estimate of drug-likeness (QED) is 0.582. The Morgan fingerprint density at radius 3 is 3.20 bits per heavy atom. The molecule has 1 heterocycles. The van der Waals surface area contributed by atoms with Crippen LogP contribution in [0.3, 0.4) is 0 Å². The largest absolute Gasteiger partial charge is 0.495 e. The number of aliphatic hydroxyl groups is 1. The number of rotatable bonds is 2. The van der Waals surface area contributed by atoms with Crippen LogP contribution in [0.1, 0.15) is 0 Å². The minimum Gasteiger partial charge on any atom is -0.495 e. The molecule has 54 valence electrons. The predicted molar refractivity (Wildman–Crippen MR) is 41.6 cm³/mol. The molecular formula is C8H11NO. The van der Waals surface area contributed by atoms with E-state index in [9.17, 15) is 5.11 Å². The van der Waals surface area contributed by atoms with Crippen LogP contribution in [-0.2, 0) is 0 Å². The Labute approximate surface area is 60.8 Å². The number of allylic oxidation sites excluding steroid dienone is 2. The van der Waals surface area contributed by atoms with E-state index in [0.29, 0.717) is 12.4 Å². The van der Waals surface area contributed by atoms with Crippen LogP contribution in [0.25, 0.3) is 0 Å². The van der Waals surface area contributed by atoms with Gasteiger partial charge in [-0.3, -0.25) is 0 Å². The zero-order valence-corrected chi connectivity index (χ0v) is 5.83. The lowest BCUT2D eigenvalue weighted by molar-refractivity contribution is 0.228. The van der Waals surface area contributed by atoms with Crippen molar-refractivity contribution in [1.29, 1.82) is 0 Å². The molecule has 0 aromatic rings. The minimum absolute atomic E-state index is 0.322. The predicted octanol–water partition coefficient (Wildman–Crippen LogP) is 1.44. The summed E-state index contributed by atoms with van der Waals surface area (Å²) in [5.41, 5.74) is 0. The van der Waals surface area contributed by atoms with Crippen molar-refractivity contribution in [3.63, 3.8) is 0 Å². The van der Waals surface area contributed by atoms with Gasteiger partial charge in [0.2, 0.25) is 0 Å². The molecule has 0 amide bonds. The molecule has 0 atom stereocenters. The standard InChI is InChI=1S/C8H11NO/c1-2-6-9-7-4-3-5-8(9)10/h2-5,10H,1,6-7H2. The summed E-state index contributed by atoms with van der Waals surface area (Å²) < 4.78 is 0. The maximum Gasteiger partial charge on any atom is 0.187 e. The number of hydrogen-bond acceptors (Lipinski definition) is 2. The van der Waals surface area contributed by atoms with Crippen molar-refractivity contribution in [3.05, 3.63) is 36.8 Å². The van der Waals surface area contributed by atoms with Gasteiger partial charge in [-0.1, -0.05) is 18.2 Å². The third-order valence-electron chi connectivity index (χ3n) is 1.38. The monoisotopic (exact) mass is 137 g/mol. The summed E-state index contributed by atoms with van der Waals surface area (Å²) in [4.78, 5) is 1.83. The second-order valence-corrected chi connectivity index (χ2v) is 2.15. The van der Waals surface area contributed by atoms with Crippen molar-refractivity contribution >= 4 is 0 Å². The molecule has 0 spiro atoms. The average Bonchev–Trinajstić information content (AvgIpc) is 1.94. The zero-order valence-electron chi connectivity index (χ0n) is 5.83. The van der Waals surface area contributed by atoms with E-state index < -0.39 is 0 Å². The van der Waals surface area contributed by atoms with Gasteiger partial charge in [-0.25, -0.2) is 0 Å². The van der Waals surface area contributed by atoms with Gasteiger partial charge in [0.25, 0.3) is 0 Å². The number of hydrogen-bond donors (Lipinski definition) is 1. The summed E-state index contributed by atoms with van der Waals surface area (Å²) >= 11 is 0. The van der Waals surface area contributed by atoms with E-state index in [2.05, 4.69) is 6.58 Å². The van der Waals surface area contributed by atoms with E-state index in [1.54, 1.807) is 12.2 Å². The van der Waals surface area contributed by atoms with Gasteiger partial charge in [-0.05, 0) is 6.08 Å². The highest BCUT2D eigenvalue weighted by Crippen LogP contribution is 2.05. The molecule has 0 aromatic heterocycles. The molecule has 1 aliphatic rings. The number of aliphatic hydroxyl groups excluding tert-OH is 1. The topological polar surface area (TPSA) is 23.5 Å². The molecule has 0 radical (unpaired) electrons. The smallest absolute Gasteiger partial charge is 0.187 e. The van der Waals surface area contributed by atoms with Crippen molar-refractivity contribution in [2.45, 2.75) is 0 Å². The van der Waals surface area contributed by atoms with Crippen LogP contribution < -0.4 is 0 Å². The molecule has 0 fully saturated rings. The molecule has 1 rings (SSSR count). The molecule has 0 unspecified atom stereocenters. The SMILES string of the molecule is C=CCN1CC=CC=C1O. The summed E-state index contributed by atoms with van der Waals surface area (Å²) in [6.45, 7) is 5.06. The number of nitrogens with zero attached hydrogens (tertiary/aromatic N) is 1. The molecule has 10 heavy (non-hydrogen) atoms. The van der Waals surface area contributed by atoms with Gasteiger partial charge in [0, 0.05) is 13.1 Å². The lowest BCUT2D eigenvalue weighted by Gasteiger charge is -2.21. The maximum atomic E-state index is 9.19. The molecule has 2 nitrogen and oxygen atoms in total. The van der Waals surface area contributed by atoms with Gasteiger partial charge in [-0.2, -0.15) is 0 Å². The van der Waals surface area contributed by atoms with Crippen LogP contribution in [-0.4, -0.2) is 23.1 Å². The Balaban J connectivity index is 2.55. The van der Waals surface area contributed by atoms with Gasteiger partial charge in [0.1, 0.15) is 0 Å². The van der Waals surface area contributed by atoms with Crippen molar-refractivity contribution < 1.29 is 5.11 Å². The lowest BCUT2D eigenvalue weighted by atomic mass is 10.3. The summed E-state index contributed by atoms with van der Waals surface area (Å²) in [6.07, 6.45) is 7.27. The first kappa shape index (κ1) is 6.93. The van der Waals surface area contributed by atoms with Crippen molar-refractivity contribution in [2.75, 3.05) is 13.1 Å². The average molecular weight is 137 g/mol. The van der Waals surface area contributed by atoms with E-state index in [1.165, 1.54) is 0 Å².